The minimum atomic E-state index is -0.121. The molecule has 118 valence electrons. The first-order chi connectivity index (χ1) is 10.9. The number of amides is 1. The van der Waals surface area contributed by atoms with Gasteiger partial charge in [0.2, 0.25) is 5.91 Å². The summed E-state index contributed by atoms with van der Waals surface area (Å²) in [5.74, 6) is -0.121. The summed E-state index contributed by atoms with van der Waals surface area (Å²) in [6.45, 7) is 6.63. The molecule has 5 heteroatoms. The number of hydrogen-bond acceptors (Lipinski definition) is 3. The van der Waals surface area contributed by atoms with Crippen LogP contribution in [-0.4, -0.2) is 20.9 Å². The Bertz CT molecular complexity index is 828. The number of nitrogens with one attached hydrogen (secondary N) is 1. The van der Waals surface area contributed by atoms with Gasteiger partial charge in [-0.25, -0.2) is 4.68 Å². The predicted molar refractivity (Wildman–Crippen MR) is 91.3 cm³/mol. The largest absolute Gasteiger partial charge is 0.324 e. The fraction of sp³-hybridized carbons (Fsp3) is 0.278. The van der Waals surface area contributed by atoms with E-state index in [-0.39, 0.29) is 17.9 Å². The molecule has 0 aliphatic rings. The third-order valence-corrected chi connectivity index (χ3v) is 3.75. The number of rotatable bonds is 3. The molecule has 0 spiro atoms. The molecule has 3 aromatic rings. The zero-order valence-electron chi connectivity index (χ0n) is 13.6. The third kappa shape index (κ3) is 3.39. The number of carbonyl (C=O) groups is 1. The molecule has 0 atom stereocenters. The van der Waals surface area contributed by atoms with Crippen LogP contribution in [0.3, 0.4) is 0 Å². The first kappa shape index (κ1) is 15.2. The smallest absolute Gasteiger partial charge is 0.246 e. The highest BCUT2D eigenvalue weighted by atomic mass is 16.2. The standard InChI is InChI=1S/C18H20N4O/c1-18(2,3)13-8-10-14(11-9-13)19-17(23)12-22-16-7-5-4-6-15(16)20-21-22/h4-11H,12H2,1-3H3,(H,19,23). The second kappa shape index (κ2) is 5.83. The average molecular weight is 308 g/mol. The summed E-state index contributed by atoms with van der Waals surface area (Å²) in [6, 6.07) is 15.5. The summed E-state index contributed by atoms with van der Waals surface area (Å²) in [6.07, 6.45) is 0. The Morgan fingerprint density at radius 2 is 1.78 bits per heavy atom. The summed E-state index contributed by atoms with van der Waals surface area (Å²) in [5.41, 5.74) is 3.76. The maximum absolute atomic E-state index is 12.2. The molecule has 0 aliphatic carbocycles. The lowest BCUT2D eigenvalue weighted by atomic mass is 9.87. The van der Waals surface area contributed by atoms with Gasteiger partial charge in [0.15, 0.2) is 0 Å². The molecule has 2 aromatic carbocycles. The lowest BCUT2D eigenvalue weighted by Crippen LogP contribution is -2.19. The van der Waals surface area contributed by atoms with Gasteiger partial charge in [-0.15, -0.1) is 5.10 Å². The molecule has 1 N–H and O–H groups in total. The van der Waals surface area contributed by atoms with E-state index in [1.54, 1.807) is 4.68 Å². The van der Waals surface area contributed by atoms with E-state index in [9.17, 15) is 4.79 Å². The van der Waals surface area contributed by atoms with Gasteiger partial charge < -0.3 is 5.32 Å². The van der Waals surface area contributed by atoms with E-state index in [1.807, 2.05) is 48.5 Å². The Balaban J connectivity index is 1.70. The minimum absolute atomic E-state index is 0.0994. The van der Waals surface area contributed by atoms with E-state index in [0.717, 1.165) is 16.7 Å². The van der Waals surface area contributed by atoms with E-state index in [2.05, 4.69) is 36.4 Å². The van der Waals surface area contributed by atoms with Gasteiger partial charge in [-0.3, -0.25) is 4.79 Å². The van der Waals surface area contributed by atoms with Crippen LogP contribution in [0.15, 0.2) is 48.5 Å². The van der Waals surface area contributed by atoms with Crippen molar-refractivity contribution in [1.29, 1.82) is 0 Å². The van der Waals surface area contributed by atoms with Crippen LogP contribution in [0, 0.1) is 0 Å². The van der Waals surface area contributed by atoms with Gasteiger partial charge >= 0.3 is 0 Å². The maximum Gasteiger partial charge on any atom is 0.246 e. The first-order valence-electron chi connectivity index (χ1n) is 7.62. The summed E-state index contributed by atoms with van der Waals surface area (Å²) in [7, 11) is 0. The highest BCUT2D eigenvalue weighted by Gasteiger charge is 2.13. The van der Waals surface area contributed by atoms with Crippen molar-refractivity contribution in [3.8, 4) is 0 Å². The molecular weight excluding hydrogens is 288 g/mol. The van der Waals surface area contributed by atoms with Gasteiger partial charge in [0, 0.05) is 5.69 Å². The summed E-state index contributed by atoms with van der Waals surface area (Å²) >= 11 is 0. The van der Waals surface area contributed by atoms with Gasteiger partial charge in [0.25, 0.3) is 0 Å². The Kier molecular flexibility index (Phi) is 3.86. The van der Waals surface area contributed by atoms with Crippen molar-refractivity contribution < 1.29 is 4.79 Å². The molecule has 5 nitrogen and oxygen atoms in total. The Morgan fingerprint density at radius 3 is 2.48 bits per heavy atom. The number of carbonyl (C=O) groups excluding carboxylic acids is 1. The van der Waals surface area contributed by atoms with Gasteiger partial charge in [-0.2, -0.15) is 0 Å². The van der Waals surface area contributed by atoms with Crippen LogP contribution in [-0.2, 0) is 16.8 Å². The second-order valence-corrected chi connectivity index (χ2v) is 6.61. The van der Waals surface area contributed by atoms with Crippen LogP contribution in [0.4, 0.5) is 5.69 Å². The van der Waals surface area contributed by atoms with E-state index >= 15 is 0 Å². The molecule has 23 heavy (non-hydrogen) atoms. The van der Waals surface area contributed by atoms with Gasteiger partial charge in [0.1, 0.15) is 12.1 Å². The zero-order chi connectivity index (χ0) is 16.4. The molecule has 1 aromatic heterocycles. The molecule has 0 unspecified atom stereocenters. The van der Waals surface area contributed by atoms with Gasteiger partial charge in [0.05, 0.1) is 5.52 Å². The number of aromatic nitrogens is 3. The fourth-order valence-electron chi connectivity index (χ4n) is 2.42. The summed E-state index contributed by atoms with van der Waals surface area (Å²) < 4.78 is 1.61. The molecule has 3 rings (SSSR count). The number of anilines is 1. The molecule has 0 saturated heterocycles. The van der Waals surface area contributed by atoms with Crippen LogP contribution in [0.25, 0.3) is 11.0 Å². The number of para-hydroxylation sites is 1. The number of hydrogen-bond donors (Lipinski definition) is 1. The second-order valence-electron chi connectivity index (χ2n) is 6.61. The number of nitrogens with zero attached hydrogens (tertiary/aromatic N) is 3. The predicted octanol–water partition coefficient (Wildman–Crippen LogP) is 3.37. The Labute approximate surface area is 135 Å². The molecular formula is C18H20N4O. The third-order valence-electron chi connectivity index (χ3n) is 3.75. The molecule has 0 saturated carbocycles. The SMILES string of the molecule is CC(C)(C)c1ccc(NC(=O)Cn2nnc3ccccc32)cc1. The highest BCUT2D eigenvalue weighted by Crippen LogP contribution is 2.23. The zero-order valence-corrected chi connectivity index (χ0v) is 13.6. The summed E-state index contributed by atoms with van der Waals surface area (Å²) in [4.78, 5) is 12.2. The quantitative estimate of drug-likeness (QED) is 0.807. The first-order valence-corrected chi connectivity index (χ1v) is 7.62. The maximum atomic E-state index is 12.2. The van der Waals surface area contributed by atoms with Crippen molar-refractivity contribution in [2.24, 2.45) is 0 Å². The van der Waals surface area contributed by atoms with Gasteiger partial charge in [-0.05, 0) is 35.2 Å². The van der Waals surface area contributed by atoms with E-state index in [1.165, 1.54) is 5.56 Å². The minimum Gasteiger partial charge on any atom is -0.324 e. The fourth-order valence-corrected chi connectivity index (χ4v) is 2.42. The van der Waals surface area contributed by atoms with Crippen molar-refractivity contribution in [1.82, 2.24) is 15.0 Å². The highest BCUT2D eigenvalue weighted by molar-refractivity contribution is 5.91. The van der Waals surface area contributed by atoms with Gasteiger partial charge in [-0.1, -0.05) is 50.3 Å². The van der Waals surface area contributed by atoms with Crippen molar-refractivity contribution in [2.75, 3.05) is 5.32 Å². The molecule has 1 heterocycles. The van der Waals surface area contributed by atoms with E-state index in [0.29, 0.717) is 0 Å². The Hall–Kier alpha value is -2.69. The van der Waals surface area contributed by atoms with E-state index < -0.39 is 0 Å². The topological polar surface area (TPSA) is 59.8 Å². The monoisotopic (exact) mass is 308 g/mol. The molecule has 0 bridgehead atoms. The van der Waals surface area contributed by atoms with Crippen LogP contribution >= 0.6 is 0 Å². The van der Waals surface area contributed by atoms with Crippen molar-refractivity contribution in [3.05, 3.63) is 54.1 Å². The normalized spacial score (nSPS) is 11.6. The van der Waals surface area contributed by atoms with Crippen molar-refractivity contribution in [2.45, 2.75) is 32.7 Å². The van der Waals surface area contributed by atoms with E-state index in [4.69, 9.17) is 0 Å². The summed E-state index contributed by atoms with van der Waals surface area (Å²) in [5, 5.41) is 11.0. The molecule has 0 aliphatic heterocycles. The van der Waals surface area contributed by atoms with Crippen LogP contribution in [0.5, 0.6) is 0 Å². The average Bonchev–Trinajstić information content (AvgIpc) is 2.90. The van der Waals surface area contributed by atoms with Crippen LogP contribution in [0.2, 0.25) is 0 Å². The Morgan fingerprint density at radius 1 is 1.09 bits per heavy atom. The van der Waals surface area contributed by atoms with Crippen molar-refractivity contribution >= 4 is 22.6 Å². The molecule has 1 amide bonds. The van der Waals surface area contributed by atoms with Crippen LogP contribution in [0.1, 0.15) is 26.3 Å². The lowest BCUT2D eigenvalue weighted by molar-refractivity contribution is -0.116. The van der Waals surface area contributed by atoms with Crippen LogP contribution < -0.4 is 5.32 Å². The number of fused-ring (bicyclic) bond motifs is 1. The molecule has 0 radical (unpaired) electrons. The van der Waals surface area contributed by atoms with Crippen molar-refractivity contribution in [3.63, 3.8) is 0 Å². The number of benzene rings is 2. The lowest BCUT2D eigenvalue weighted by Gasteiger charge is -2.19. The molecule has 0 fully saturated rings.